The summed E-state index contributed by atoms with van der Waals surface area (Å²) in [6.45, 7) is 2.85. The molecule has 0 fully saturated rings. The molecule has 0 radical (unpaired) electrons. The van der Waals surface area contributed by atoms with Gasteiger partial charge in [0.2, 0.25) is 0 Å². The normalized spacial score (nSPS) is 15.8. The third kappa shape index (κ3) is 6.62. The van der Waals surface area contributed by atoms with E-state index < -0.39 is 17.6 Å². The van der Waals surface area contributed by atoms with Gasteiger partial charge in [0, 0.05) is 6.42 Å². The van der Waals surface area contributed by atoms with Gasteiger partial charge in [0.15, 0.2) is 0 Å². The van der Waals surface area contributed by atoms with Crippen LogP contribution in [0.25, 0.3) is 0 Å². The smallest absolute Gasteiger partial charge is 0.129 e. The van der Waals surface area contributed by atoms with E-state index in [-0.39, 0.29) is 18.6 Å². The lowest BCUT2D eigenvalue weighted by molar-refractivity contribution is -0.508. The average Bonchev–Trinajstić information content (AvgIpc) is 1.96. The fourth-order valence-electron chi connectivity index (χ4n) is 0.849. The molecule has 0 rings (SSSR count). The number of carbonyl (C=O) groups excluding carboxylic acids is 1. The number of hydrogen-bond acceptors (Lipinski definition) is 6. The van der Waals surface area contributed by atoms with Crippen LogP contribution in [0.5, 0.6) is 0 Å². The zero-order valence-electron chi connectivity index (χ0n) is 7.67. The molecule has 78 valence electrons. The van der Waals surface area contributed by atoms with Gasteiger partial charge < -0.3 is 9.90 Å². The number of aliphatic hydroxyl groups excluding tert-OH is 1. The number of ketones is 1. The monoisotopic (exact) mass is 193 g/mol. The molecule has 6 heteroatoms. The molecule has 0 aromatic carbocycles. The molecule has 0 spiro atoms. The molecular formula is C7H15NO5. The lowest BCUT2D eigenvalue weighted by Crippen LogP contribution is -2.33. The molecule has 0 aliphatic heterocycles. The van der Waals surface area contributed by atoms with E-state index in [1.165, 1.54) is 13.8 Å². The van der Waals surface area contributed by atoms with Crippen LogP contribution < -0.4 is 0 Å². The van der Waals surface area contributed by atoms with Crippen LogP contribution in [0.2, 0.25) is 0 Å². The maximum Gasteiger partial charge on any atom is 0.129 e. The van der Waals surface area contributed by atoms with E-state index in [1.807, 2.05) is 0 Å². The third-order valence-corrected chi connectivity index (χ3v) is 1.55. The second-order valence-electron chi connectivity index (χ2n) is 2.88. The Morgan fingerprint density at radius 1 is 1.54 bits per heavy atom. The van der Waals surface area contributed by atoms with Crippen molar-refractivity contribution in [1.82, 2.24) is 5.39 Å². The maximum atomic E-state index is 10.6. The van der Waals surface area contributed by atoms with Crippen molar-refractivity contribution in [3.63, 3.8) is 0 Å². The molecule has 3 N–H and O–H groups in total. The van der Waals surface area contributed by atoms with Crippen LogP contribution in [-0.4, -0.2) is 38.9 Å². The number of carbonyl (C=O) groups is 1. The molecule has 0 aromatic rings. The highest BCUT2D eigenvalue weighted by Gasteiger charge is 2.18. The molecule has 0 aliphatic rings. The molecule has 0 heterocycles. The van der Waals surface area contributed by atoms with Crippen LogP contribution in [-0.2, 0) is 9.63 Å². The van der Waals surface area contributed by atoms with Gasteiger partial charge in [-0.3, -0.25) is 10.4 Å². The van der Waals surface area contributed by atoms with Crippen molar-refractivity contribution in [2.24, 2.45) is 0 Å². The number of nitrogens with zero attached hydrogens (tertiary/aromatic N) is 1. The number of aliphatic hydroxyl groups is 1. The fourth-order valence-corrected chi connectivity index (χ4v) is 0.849. The van der Waals surface area contributed by atoms with E-state index in [0.29, 0.717) is 0 Å². The van der Waals surface area contributed by atoms with Crippen LogP contribution in [0.15, 0.2) is 0 Å². The Morgan fingerprint density at radius 3 is 2.38 bits per heavy atom. The molecular weight excluding hydrogens is 178 g/mol. The zero-order chi connectivity index (χ0) is 10.4. The van der Waals surface area contributed by atoms with Gasteiger partial charge in [0.05, 0.1) is 11.5 Å². The lowest BCUT2D eigenvalue weighted by atomic mass is 10.1. The Bertz CT molecular complexity index is 159. The fraction of sp³-hybridized carbons (Fsp3) is 0.857. The highest BCUT2D eigenvalue weighted by molar-refractivity contribution is 5.75. The summed E-state index contributed by atoms with van der Waals surface area (Å²) in [4.78, 5) is 15.0. The van der Waals surface area contributed by atoms with Crippen molar-refractivity contribution < 1.29 is 25.2 Å². The van der Waals surface area contributed by atoms with Crippen molar-refractivity contribution in [1.29, 1.82) is 0 Å². The first-order valence-electron chi connectivity index (χ1n) is 3.95. The molecule has 0 bridgehead atoms. The lowest BCUT2D eigenvalue weighted by Gasteiger charge is -2.20. The number of rotatable bonds is 6. The maximum absolute atomic E-state index is 10.6. The summed E-state index contributed by atoms with van der Waals surface area (Å²) < 4.78 is 0. The molecule has 0 saturated heterocycles. The van der Waals surface area contributed by atoms with Gasteiger partial charge in [-0.1, -0.05) is 0 Å². The van der Waals surface area contributed by atoms with Crippen molar-refractivity contribution in [3.8, 4) is 0 Å². The van der Waals surface area contributed by atoms with Gasteiger partial charge in [0.25, 0.3) is 0 Å². The standard InChI is InChI=1S/C7H15NO5/c1-5(9)3-4-7(6(2)10)13-8(11)12/h6-7,10-12H,3-4H2,1-2H3/t6-,7-/m0/s1. The minimum atomic E-state index is -0.874. The average molecular weight is 193 g/mol. The summed E-state index contributed by atoms with van der Waals surface area (Å²) in [6, 6.07) is 0. The predicted molar refractivity (Wildman–Crippen MR) is 41.9 cm³/mol. The summed E-state index contributed by atoms with van der Waals surface area (Å²) >= 11 is 0. The van der Waals surface area contributed by atoms with Crippen molar-refractivity contribution >= 4 is 5.78 Å². The van der Waals surface area contributed by atoms with Crippen LogP contribution in [0.3, 0.4) is 0 Å². The molecule has 0 aromatic heterocycles. The number of Topliss-reactive ketones (excluding diaryl/α,β-unsaturated/α-hetero) is 1. The Kier molecular flexibility index (Phi) is 5.76. The Balaban J connectivity index is 3.87. The van der Waals surface area contributed by atoms with E-state index in [9.17, 15) is 4.79 Å². The van der Waals surface area contributed by atoms with E-state index in [2.05, 4.69) is 4.84 Å². The molecule has 0 amide bonds. The molecule has 0 aliphatic carbocycles. The minimum Gasteiger partial charge on any atom is -0.391 e. The van der Waals surface area contributed by atoms with Crippen LogP contribution in [0.1, 0.15) is 26.7 Å². The largest absolute Gasteiger partial charge is 0.391 e. The highest BCUT2D eigenvalue weighted by atomic mass is 17.1. The van der Waals surface area contributed by atoms with Gasteiger partial charge in [-0.25, -0.2) is 4.84 Å². The quantitative estimate of drug-likeness (QED) is 0.519. The topological polar surface area (TPSA) is 90.2 Å². The van der Waals surface area contributed by atoms with Gasteiger partial charge >= 0.3 is 0 Å². The van der Waals surface area contributed by atoms with E-state index in [0.717, 1.165) is 0 Å². The first kappa shape index (κ1) is 12.5. The zero-order valence-corrected chi connectivity index (χ0v) is 7.67. The second kappa shape index (κ2) is 6.01. The predicted octanol–water partition coefficient (Wildman–Crippen LogP) is 0.117. The third-order valence-electron chi connectivity index (χ3n) is 1.55. The first-order chi connectivity index (χ1) is 5.93. The highest BCUT2D eigenvalue weighted by Crippen LogP contribution is 2.08. The van der Waals surface area contributed by atoms with E-state index in [1.54, 1.807) is 0 Å². The van der Waals surface area contributed by atoms with Gasteiger partial charge in [-0.2, -0.15) is 0 Å². The van der Waals surface area contributed by atoms with E-state index >= 15 is 0 Å². The SMILES string of the molecule is CC(=O)CC[C@H](ON(O)O)[C@H](C)O. The first-order valence-corrected chi connectivity index (χ1v) is 3.95. The summed E-state index contributed by atoms with van der Waals surface area (Å²) in [6.07, 6.45) is -1.20. The van der Waals surface area contributed by atoms with Crippen molar-refractivity contribution in [3.05, 3.63) is 0 Å². The minimum absolute atomic E-state index is 0.0447. The molecule has 13 heavy (non-hydrogen) atoms. The summed E-state index contributed by atoms with van der Waals surface area (Å²) in [5.41, 5.74) is 0. The Hall–Kier alpha value is -0.530. The van der Waals surface area contributed by atoms with Crippen LogP contribution >= 0.6 is 0 Å². The molecule has 0 saturated carbocycles. The molecule has 0 unspecified atom stereocenters. The van der Waals surface area contributed by atoms with Gasteiger partial charge in [-0.05, 0) is 20.3 Å². The summed E-state index contributed by atoms with van der Waals surface area (Å²) in [5, 5.41) is 25.2. The Labute approximate surface area is 76.2 Å². The van der Waals surface area contributed by atoms with Gasteiger partial charge in [0.1, 0.15) is 11.9 Å². The number of hydrogen-bond donors (Lipinski definition) is 3. The van der Waals surface area contributed by atoms with Gasteiger partial charge in [-0.15, -0.1) is 0 Å². The molecule has 6 nitrogen and oxygen atoms in total. The Morgan fingerprint density at radius 2 is 2.08 bits per heavy atom. The van der Waals surface area contributed by atoms with Crippen LogP contribution in [0, 0.1) is 0 Å². The van der Waals surface area contributed by atoms with E-state index in [4.69, 9.17) is 15.5 Å². The van der Waals surface area contributed by atoms with Crippen LogP contribution in [0.4, 0.5) is 0 Å². The van der Waals surface area contributed by atoms with Crippen molar-refractivity contribution in [2.45, 2.75) is 38.9 Å². The van der Waals surface area contributed by atoms with Crippen molar-refractivity contribution in [2.75, 3.05) is 0 Å². The summed E-state index contributed by atoms with van der Waals surface area (Å²) in [5.74, 6) is -0.0447. The second-order valence-corrected chi connectivity index (χ2v) is 2.88. The summed E-state index contributed by atoms with van der Waals surface area (Å²) in [7, 11) is 0. The molecule has 2 atom stereocenters.